The van der Waals surface area contributed by atoms with E-state index in [-0.39, 0.29) is 17.6 Å². The molecular formula is C18H17FN2OS. The van der Waals surface area contributed by atoms with E-state index in [1.165, 1.54) is 23.5 Å². The van der Waals surface area contributed by atoms with E-state index in [0.29, 0.717) is 10.6 Å². The Labute approximate surface area is 138 Å². The molecule has 1 N–H and O–H groups in total. The van der Waals surface area contributed by atoms with Crippen molar-refractivity contribution < 1.29 is 9.18 Å². The normalized spacial score (nSPS) is 12.3. The van der Waals surface area contributed by atoms with E-state index >= 15 is 0 Å². The first-order valence-electron chi connectivity index (χ1n) is 7.59. The van der Waals surface area contributed by atoms with Crippen molar-refractivity contribution in [1.82, 2.24) is 4.98 Å². The second-order valence-corrected chi connectivity index (χ2v) is 6.40. The summed E-state index contributed by atoms with van der Waals surface area (Å²) in [7, 11) is 0. The SMILES string of the molecule is CCC[C@H](C(=O)Nc1nc2ccc(F)cc2s1)c1ccccc1. The van der Waals surface area contributed by atoms with Gasteiger partial charge in [0.2, 0.25) is 5.91 Å². The number of carbonyl (C=O) groups is 1. The number of halogens is 1. The molecule has 0 fully saturated rings. The average molecular weight is 328 g/mol. The van der Waals surface area contributed by atoms with Crippen LogP contribution in [0.5, 0.6) is 0 Å². The van der Waals surface area contributed by atoms with Crippen LogP contribution < -0.4 is 5.32 Å². The fourth-order valence-corrected chi connectivity index (χ4v) is 3.46. The molecule has 1 amide bonds. The highest BCUT2D eigenvalue weighted by atomic mass is 32.1. The maximum absolute atomic E-state index is 13.2. The number of hydrogen-bond acceptors (Lipinski definition) is 3. The molecule has 2 aromatic carbocycles. The minimum atomic E-state index is -0.299. The summed E-state index contributed by atoms with van der Waals surface area (Å²) in [4.78, 5) is 17.0. The summed E-state index contributed by atoms with van der Waals surface area (Å²) >= 11 is 1.29. The molecule has 5 heteroatoms. The van der Waals surface area contributed by atoms with Gasteiger partial charge in [-0.15, -0.1) is 0 Å². The highest BCUT2D eigenvalue weighted by Crippen LogP contribution is 2.29. The van der Waals surface area contributed by atoms with Crippen molar-refractivity contribution in [2.24, 2.45) is 0 Å². The molecule has 0 saturated carbocycles. The van der Waals surface area contributed by atoms with Crippen LogP contribution in [0.25, 0.3) is 10.2 Å². The standard InChI is InChI=1S/C18H17FN2OS/c1-2-6-14(12-7-4-3-5-8-12)17(22)21-18-20-15-10-9-13(19)11-16(15)23-18/h3-5,7-11,14H,2,6H2,1H3,(H,20,21,22)/t14-/m0/s1. The van der Waals surface area contributed by atoms with Gasteiger partial charge in [-0.1, -0.05) is 55.0 Å². The number of fused-ring (bicyclic) bond motifs is 1. The van der Waals surface area contributed by atoms with Crippen molar-refractivity contribution >= 4 is 32.6 Å². The molecule has 1 aromatic heterocycles. The summed E-state index contributed by atoms with van der Waals surface area (Å²) in [5.41, 5.74) is 1.69. The molecule has 0 bridgehead atoms. The van der Waals surface area contributed by atoms with Gasteiger partial charge in [-0.05, 0) is 30.2 Å². The Kier molecular flexibility index (Phi) is 4.67. The van der Waals surface area contributed by atoms with E-state index in [2.05, 4.69) is 17.2 Å². The third-order valence-electron chi connectivity index (χ3n) is 3.68. The Morgan fingerprint density at radius 2 is 2.04 bits per heavy atom. The van der Waals surface area contributed by atoms with Crippen LogP contribution in [0.3, 0.4) is 0 Å². The van der Waals surface area contributed by atoms with Crippen molar-refractivity contribution in [2.75, 3.05) is 5.32 Å². The number of nitrogens with zero attached hydrogens (tertiary/aromatic N) is 1. The first kappa shape index (κ1) is 15.6. The minimum absolute atomic E-state index is 0.0717. The Bertz CT molecular complexity index is 816. The van der Waals surface area contributed by atoms with Gasteiger partial charge in [0.15, 0.2) is 5.13 Å². The smallest absolute Gasteiger partial charge is 0.233 e. The zero-order chi connectivity index (χ0) is 16.2. The predicted octanol–water partition coefficient (Wildman–Crippen LogP) is 4.96. The summed E-state index contributed by atoms with van der Waals surface area (Å²) < 4.78 is 14.0. The molecule has 1 heterocycles. The fraction of sp³-hybridized carbons (Fsp3) is 0.222. The Hall–Kier alpha value is -2.27. The lowest BCUT2D eigenvalue weighted by atomic mass is 9.94. The topological polar surface area (TPSA) is 42.0 Å². The number of rotatable bonds is 5. The Balaban J connectivity index is 1.82. The summed E-state index contributed by atoms with van der Waals surface area (Å²) in [6.07, 6.45) is 1.69. The molecule has 3 aromatic rings. The van der Waals surface area contributed by atoms with Crippen molar-refractivity contribution in [1.29, 1.82) is 0 Å². The lowest BCUT2D eigenvalue weighted by molar-refractivity contribution is -0.117. The van der Waals surface area contributed by atoms with Crippen LogP contribution in [-0.4, -0.2) is 10.9 Å². The van der Waals surface area contributed by atoms with Crippen molar-refractivity contribution in [3.05, 3.63) is 59.9 Å². The third kappa shape index (κ3) is 3.56. The monoisotopic (exact) mass is 328 g/mol. The van der Waals surface area contributed by atoms with Gasteiger partial charge in [0, 0.05) is 0 Å². The van der Waals surface area contributed by atoms with Crippen LogP contribution >= 0.6 is 11.3 Å². The van der Waals surface area contributed by atoms with Crippen LogP contribution in [0.2, 0.25) is 0 Å². The molecule has 3 nitrogen and oxygen atoms in total. The molecule has 3 rings (SSSR count). The summed E-state index contributed by atoms with van der Waals surface area (Å²) in [5.74, 6) is -0.574. The van der Waals surface area contributed by atoms with Crippen LogP contribution in [-0.2, 0) is 4.79 Å². The molecule has 0 saturated heterocycles. The summed E-state index contributed by atoms with van der Waals surface area (Å²) in [6, 6.07) is 14.2. The van der Waals surface area contributed by atoms with E-state index in [0.717, 1.165) is 23.1 Å². The largest absolute Gasteiger partial charge is 0.301 e. The molecule has 118 valence electrons. The minimum Gasteiger partial charge on any atom is -0.301 e. The van der Waals surface area contributed by atoms with Gasteiger partial charge in [-0.25, -0.2) is 9.37 Å². The summed E-state index contributed by atoms with van der Waals surface area (Å²) in [6.45, 7) is 2.06. The number of nitrogens with one attached hydrogen (secondary N) is 1. The second kappa shape index (κ2) is 6.87. The average Bonchev–Trinajstić information content (AvgIpc) is 2.94. The molecular weight excluding hydrogens is 311 g/mol. The highest BCUT2D eigenvalue weighted by molar-refractivity contribution is 7.22. The maximum atomic E-state index is 13.2. The van der Waals surface area contributed by atoms with Gasteiger partial charge >= 0.3 is 0 Å². The van der Waals surface area contributed by atoms with Gasteiger partial charge in [-0.2, -0.15) is 0 Å². The molecule has 23 heavy (non-hydrogen) atoms. The zero-order valence-corrected chi connectivity index (χ0v) is 13.6. The Morgan fingerprint density at radius 1 is 1.26 bits per heavy atom. The van der Waals surface area contributed by atoms with Crippen molar-refractivity contribution in [3.8, 4) is 0 Å². The number of amides is 1. The molecule has 0 spiro atoms. The third-order valence-corrected chi connectivity index (χ3v) is 4.61. The van der Waals surface area contributed by atoms with Crippen LogP contribution in [0.15, 0.2) is 48.5 Å². The Morgan fingerprint density at radius 3 is 2.78 bits per heavy atom. The van der Waals surface area contributed by atoms with E-state index < -0.39 is 0 Å². The van der Waals surface area contributed by atoms with Gasteiger partial charge in [0.1, 0.15) is 5.82 Å². The summed E-state index contributed by atoms with van der Waals surface area (Å²) in [5, 5.41) is 3.39. The van der Waals surface area contributed by atoms with Crippen molar-refractivity contribution in [3.63, 3.8) is 0 Å². The molecule has 1 atom stereocenters. The van der Waals surface area contributed by atoms with E-state index in [1.54, 1.807) is 6.07 Å². The lowest BCUT2D eigenvalue weighted by Crippen LogP contribution is -2.21. The van der Waals surface area contributed by atoms with Crippen LogP contribution in [0, 0.1) is 5.82 Å². The van der Waals surface area contributed by atoms with Crippen molar-refractivity contribution in [2.45, 2.75) is 25.7 Å². The molecule has 0 aliphatic carbocycles. The number of benzene rings is 2. The van der Waals surface area contributed by atoms with E-state index in [4.69, 9.17) is 0 Å². The first-order chi connectivity index (χ1) is 11.2. The van der Waals surface area contributed by atoms with Gasteiger partial charge in [0.25, 0.3) is 0 Å². The maximum Gasteiger partial charge on any atom is 0.233 e. The molecule has 0 aliphatic rings. The molecule has 0 unspecified atom stereocenters. The van der Waals surface area contributed by atoms with Crippen LogP contribution in [0.4, 0.5) is 9.52 Å². The first-order valence-corrected chi connectivity index (χ1v) is 8.41. The second-order valence-electron chi connectivity index (χ2n) is 5.37. The van der Waals surface area contributed by atoms with E-state index in [1.807, 2.05) is 30.3 Å². The quantitative estimate of drug-likeness (QED) is 0.719. The number of aromatic nitrogens is 1. The fourth-order valence-electron chi connectivity index (χ4n) is 2.57. The molecule has 0 radical (unpaired) electrons. The van der Waals surface area contributed by atoms with Gasteiger partial charge < -0.3 is 5.32 Å². The lowest BCUT2D eigenvalue weighted by Gasteiger charge is -2.15. The molecule has 0 aliphatic heterocycles. The highest BCUT2D eigenvalue weighted by Gasteiger charge is 2.20. The van der Waals surface area contributed by atoms with E-state index in [9.17, 15) is 9.18 Å². The predicted molar refractivity (Wildman–Crippen MR) is 92.3 cm³/mol. The number of anilines is 1. The van der Waals surface area contributed by atoms with Gasteiger partial charge in [-0.3, -0.25) is 4.79 Å². The van der Waals surface area contributed by atoms with Gasteiger partial charge in [0.05, 0.1) is 16.1 Å². The number of hydrogen-bond donors (Lipinski definition) is 1. The number of carbonyl (C=O) groups excluding carboxylic acids is 1. The zero-order valence-electron chi connectivity index (χ0n) is 12.8. The van der Waals surface area contributed by atoms with Crippen LogP contribution in [0.1, 0.15) is 31.2 Å². The number of thiazole rings is 1.